The first-order valence-electron chi connectivity index (χ1n) is 5.49. The van der Waals surface area contributed by atoms with E-state index in [2.05, 4.69) is 25.5 Å². The molecule has 1 heterocycles. The van der Waals surface area contributed by atoms with Crippen molar-refractivity contribution in [2.45, 2.75) is 30.7 Å². The summed E-state index contributed by atoms with van der Waals surface area (Å²) in [5.41, 5.74) is 0. The molecule has 1 saturated heterocycles. The van der Waals surface area contributed by atoms with Crippen molar-refractivity contribution >= 4 is 0 Å². The Morgan fingerprint density at radius 2 is 1.92 bits per heavy atom. The van der Waals surface area contributed by atoms with Gasteiger partial charge in [-0.05, 0) is 0 Å². The average molecular weight is 185 g/mol. The second kappa shape index (κ2) is 3.65. The van der Waals surface area contributed by atoms with Crippen molar-refractivity contribution in [1.29, 1.82) is 7.16 Å². The maximum atomic E-state index is 6.87. The highest BCUT2D eigenvalue weighted by Crippen LogP contribution is 2.18. The van der Waals surface area contributed by atoms with E-state index in [1.165, 1.54) is 0 Å². The van der Waals surface area contributed by atoms with Crippen LogP contribution in [0.25, 0.3) is 0 Å². The summed E-state index contributed by atoms with van der Waals surface area (Å²) in [7, 11) is 0. The van der Waals surface area contributed by atoms with Gasteiger partial charge in [0.25, 0.3) is 0 Å². The molecule has 0 bridgehead atoms. The number of hydrogen-bond donors (Lipinski definition) is 5. The molecule has 0 amide bonds. The molecule has 0 aliphatic carbocycles. The van der Waals surface area contributed by atoms with E-state index in [4.69, 9.17) is 11.9 Å². The Labute approximate surface area is 76.1 Å². The van der Waals surface area contributed by atoms with Crippen molar-refractivity contribution in [3.05, 3.63) is 0 Å². The molecule has 0 spiro atoms. The van der Waals surface area contributed by atoms with Gasteiger partial charge in [-0.3, -0.25) is 0 Å². The van der Waals surface area contributed by atoms with Gasteiger partial charge in [0.1, 0.15) is 24.4 Å². The van der Waals surface area contributed by atoms with E-state index in [0.29, 0.717) is 0 Å². The zero-order valence-electron chi connectivity index (χ0n) is 11.0. The number of aliphatic hydroxyl groups excluding tert-OH is 5. The van der Waals surface area contributed by atoms with Crippen LogP contribution in [0.3, 0.4) is 0 Å². The highest BCUT2D eigenvalue weighted by Gasteiger charge is 2.42. The molecule has 0 aromatic heterocycles. The molecule has 0 aromatic carbocycles. The number of aliphatic hydroxyl groups is 5. The van der Waals surface area contributed by atoms with Gasteiger partial charge in [0, 0.05) is 0 Å². The van der Waals surface area contributed by atoms with Crippen molar-refractivity contribution < 1.29 is 30.3 Å². The fourth-order valence-electron chi connectivity index (χ4n) is 1.01. The smallest absolute Gasteiger partial charge is 0.213 e. The van der Waals surface area contributed by atoms with Crippen LogP contribution in [0, 0.1) is 0 Å². The topological polar surface area (TPSA) is 110 Å². The molecule has 6 heteroatoms. The maximum Gasteiger partial charge on any atom is 0.213 e. The molecule has 5 N–H and O–H groups in total. The van der Waals surface area contributed by atoms with Crippen molar-refractivity contribution in [3.8, 4) is 0 Å². The molecule has 12 heavy (non-hydrogen) atoms. The van der Waals surface area contributed by atoms with Crippen LogP contribution in [-0.4, -0.2) is 70.0 Å². The first kappa shape index (κ1) is 4.85. The Hall–Kier alpha value is -0.240. The Bertz CT molecular complexity index is 223. The second-order valence-electron chi connectivity index (χ2n) is 2.60. The summed E-state index contributed by atoms with van der Waals surface area (Å²) in [5.74, 6) is 0. The van der Waals surface area contributed by atoms with Crippen LogP contribution in [0.4, 0.5) is 0 Å². The van der Waals surface area contributed by atoms with Crippen LogP contribution < -0.4 is 0 Å². The SMILES string of the molecule is [2H]OC[C@H]1O[C@@H](O[2H])[C@H](O[2H])[C@H](O[2H])[C@@H]1O[2H]. The summed E-state index contributed by atoms with van der Waals surface area (Å²) < 4.78 is 39.0. The number of ether oxygens (including phenoxy) is 1. The van der Waals surface area contributed by atoms with Gasteiger partial charge < -0.3 is 30.3 Å². The fourth-order valence-corrected chi connectivity index (χ4v) is 1.01. The quantitative estimate of drug-likeness (QED) is 0.298. The van der Waals surface area contributed by atoms with Gasteiger partial charge in [-0.15, -0.1) is 0 Å². The number of hydrogen-bond acceptors (Lipinski definition) is 6. The molecule has 1 aliphatic heterocycles. The molecule has 0 saturated carbocycles. The van der Waals surface area contributed by atoms with Gasteiger partial charge in [-0.25, -0.2) is 0 Å². The molecule has 1 fully saturated rings. The van der Waals surface area contributed by atoms with E-state index in [1.807, 2.05) is 0 Å². The van der Waals surface area contributed by atoms with Crippen LogP contribution in [0.1, 0.15) is 0 Å². The third-order valence-electron chi connectivity index (χ3n) is 1.76. The molecular formula is C6H12O6. The first-order chi connectivity index (χ1) is 8.23. The summed E-state index contributed by atoms with van der Waals surface area (Å²) >= 11 is 0. The molecule has 72 valence electrons. The van der Waals surface area contributed by atoms with E-state index in [0.717, 1.165) is 0 Å². The highest BCUT2D eigenvalue weighted by molar-refractivity contribution is 4.87. The van der Waals surface area contributed by atoms with Gasteiger partial charge in [-0.2, -0.15) is 0 Å². The normalized spacial score (nSPS) is 54.7. The Kier molecular flexibility index (Phi) is 1.47. The van der Waals surface area contributed by atoms with Crippen LogP contribution in [0.5, 0.6) is 0 Å². The number of rotatable bonds is 6. The van der Waals surface area contributed by atoms with Crippen molar-refractivity contribution in [1.82, 2.24) is 0 Å². The monoisotopic (exact) mass is 185 g/mol. The maximum absolute atomic E-state index is 6.87. The Morgan fingerprint density at radius 1 is 1.08 bits per heavy atom. The van der Waals surface area contributed by atoms with Crippen LogP contribution in [-0.2, 0) is 4.74 Å². The molecule has 1 aliphatic rings. The van der Waals surface area contributed by atoms with E-state index in [1.54, 1.807) is 0 Å². The standard InChI is InChI=1S/C6H12O6/c7-1-2-3(8)4(9)5(10)6(11)12-2/h2-11H,1H2/t2-,3-,4-,5-,6-/m1/s1/i7D,8D,9D,10D,11D. The van der Waals surface area contributed by atoms with Gasteiger partial charge in [0.2, 0.25) is 7.16 Å². The van der Waals surface area contributed by atoms with E-state index >= 15 is 0 Å². The minimum atomic E-state index is -1.30. The van der Waals surface area contributed by atoms with Crippen molar-refractivity contribution in [2.24, 2.45) is 0 Å². The summed E-state index contributed by atoms with van der Waals surface area (Å²) in [6.07, 6.45) is -5.73. The van der Waals surface area contributed by atoms with E-state index < -0.39 is 30.7 Å². The molecule has 5 atom stereocenters. The predicted molar refractivity (Wildman–Crippen MR) is 36.0 cm³/mol. The zero-order valence-corrected chi connectivity index (χ0v) is 6.04. The van der Waals surface area contributed by atoms with Gasteiger partial charge in [0.15, 0.2) is 6.29 Å². The summed E-state index contributed by atoms with van der Waals surface area (Å²) in [6, 6.07) is 0. The van der Waals surface area contributed by atoms with Crippen molar-refractivity contribution in [3.63, 3.8) is 0 Å². The Morgan fingerprint density at radius 3 is 2.50 bits per heavy atom. The molecule has 0 radical (unpaired) electrons. The lowest BCUT2D eigenvalue weighted by Crippen LogP contribution is -2.58. The van der Waals surface area contributed by atoms with Crippen LogP contribution in [0.15, 0.2) is 0 Å². The van der Waals surface area contributed by atoms with Gasteiger partial charge in [-0.1, -0.05) is 0 Å². The van der Waals surface area contributed by atoms with E-state index in [-0.39, 0.29) is 6.61 Å². The fraction of sp³-hybridized carbons (Fsp3) is 1.00. The lowest BCUT2D eigenvalue weighted by molar-refractivity contribution is -0.286. The minimum Gasteiger partial charge on any atom is -0.394 e. The van der Waals surface area contributed by atoms with E-state index in [9.17, 15) is 0 Å². The second-order valence-corrected chi connectivity index (χ2v) is 2.60. The molecule has 1 rings (SSSR count). The lowest BCUT2D eigenvalue weighted by Gasteiger charge is -2.37. The molecule has 6 nitrogen and oxygen atoms in total. The van der Waals surface area contributed by atoms with Gasteiger partial charge in [0.05, 0.1) is 6.61 Å². The summed E-state index contributed by atoms with van der Waals surface area (Å²) in [4.78, 5) is 0. The molecule has 0 aromatic rings. The van der Waals surface area contributed by atoms with Crippen LogP contribution in [0.2, 0.25) is 0 Å². The molecule has 0 unspecified atom stereocenters. The predicted octanol–water partition coefficient (Wildman–Crippen LogP) is -3.22. The lowest BCUT2D eigenvalue weighted by atomic mass is 10.00. The van der Waals surface area contributed by atoms with Gasteiger partial charge >= 0.3 is 0 Å². The first-order valence-corrected chi connectivity index (χ1v) is 3.44. The molecular weight excluding hydrogens is 168 g/mol. The summed E-state index contributed by atoms with van der Waals surface area (Å²) in [5, 5.41) is 21.2. The van der Waals surface area contributed by atoms with Crippen LogP contribution >= 0.6 is 0 Å². The summed E-state index contributed by atoms with van der Waals surface area (Å²) in [6.45, 7) is -0.270. The largest absolute Gasteiger partial charge is 0.394 e. The zero-order chi connectivity index (χ0) is 12.8. The third kappa shape index (κ3) is 1.58. The Balaban J connectivity index is 2.84. The van der Waals surface area contributed by atoms with Crippen molar-refractivity contribution in [2.75, 3.05) is 6.61 Å². The highest BCUT2D eigenvalue weighted by atomic mass is 16.6. The third-order valence-corrected chi connectivity index (χ3v) is 1.76. The minimum absolute atomic E-state index is 0.270. The average Bonchev–Trinajstić information content (AvgIpc) is 2.37.